The van der Waals surface area contributed by atoms with Crippen molar-refractivity contribution in [2.24, 2.45) is 0 Å². The van der Waals surface area contributed by atoms with Gasteiger partial charge >= 0.3 is 6.09 Å². The molecule has 1 aliphatic rings. The Kier molecular flexibility index (Phi) is 5.42. The molecule has 2 rings (SSSR count). The van der Waals surface area contributed by atoms with Gasteiger partial charge in [0.15, 0.2) is 0 Å². The lowest BCUT2D eigenvalue weighted by Crippen LogP contribution is -2.37. The van der Waals surface area contributed by atoms with E-state index in [2.05, 4.69) is 0 Å². The second-order valence-corrected chi connectivity index (χ2v) is 7.19. The number of sulfonamides is 1. The predicted octanol–water partition coefficient (Wildman–Crippen LogP) is 1.85. The molecule has 0 unspecified atom stereocenters. The fourth-order valence-corrected chi connectivity index (χ4v) is 3.86. The number of carbonyl (C=O) groups excluding carboxylic acids is 1. The van der Waals surface area contributed by atoms with Crippen LogP contribution in [0.5, 0.6) is 0 Å². The van der Waals surface area contributed by atoms with Crippen LogP contribution in [0.25, 0.3) is 0 Å². The van der Waals surface area contributed by atoms with Crippen LogP contribution in [0.1, 0.15) is 18.9 Å². The summed E-state index contributed by atoms with van der Waals surface area (Å²) in [5.41, 5.74) is 1.02. The first kappa shape index (κ1) is 16.8. The third-order valence-corrected chi connectivity index (χ3v) is 5.55. The molecule has 1 aromatic carbocycles. The number of benzene rings is 1. The average Bonchev–Trinajstić information content (AvgIpc) is 2.74. The van der Waals surface area contributed by atoms with Crippen LogP contribution in [0.15, 0.2) is 29.2 Å². The Hall–Kier alpha value is -1.60. The molecule has 0 aliphatic carbocycles. The summed E-state index contributed by atoms with van der Waals surface area (Å²) >= 11 is 0. The highest BCUT2D eigenvalue weighted by Crippen LogP contribution is 2.18. The van der Waals surface area contributed by atoms with Crippen molar-refractivity contribution in [3.8, 4) is 0 Å². The fourth-order valence-electron chi connectivity index (χ4n) is 2.39. The lowest BCUT2D eigenvalue weighted by Gasteiger charge is -2.21. The van der Waals surface area contributed by atoms with Crippen molar-refractivity contribution in [3.05, 3.63) is 29.8 Å². The van der Waals surface area contributed by atoms with Gasteiger partial charge in [0, 0.05) is 26.2 Å². The third kappa shape index (κ3) is 3.78. The smallest absolute Gasteiger partial charge is 0.409 e. The molecule has 1 aliphatic heterocycles. The van der Waals surface area contributed by atoms with Crippen molar-refractivity contribution in [3.63, 3.8) is 0 Å². The molecule has 22 heavy (non-hydrogen) atoms. The van der Waals surface area contributed by atoms with Crippen LogP contribution in [0.3, 0.4) is 0 Å². The summed E-state index contributed by atoms with van der Waals surface area (Å²) in [5.74, 6) is 0. The maximum absolute atomic E-state index is 12.6. The monoisotopic (exact) mass is 326 g/mol. The Morgan fingerprint density at radius 2 is 1.82 bits per heavy atom. The Labute approximate surface area is 131 Å². The van der Waals surface area contributed by atoms with E-state index >= 15 is 0 Å². The van der Waals surface area contributed by atoms with Crippen molar-refractivity contribution >= 4 is 16.1 Å². The summed E-state index contributed by atoms with van der Waals surface area (Å²) in [6.45, 7) is 5.55. The van der Waals surface area contributed by atoms with Crippen LogP contribution in [0, 0.1) is 6.92 Å². The van der Waals surface area contributed by atoms with E-state index in [4.69, 9.17) is 4.74 Å². The van der Waals surface area contributed by atoms with Gasteiger partial charge in [-0.1, -0.05) is 17.7 Å². The minimum absolute atomic E-state index is 0.287. The Morgan fingerprint density at radius 1 is 1.14 bits per heavy atom. The number of amides is 1. The van der Waals surface area contributed by atoms with Crippen LogP contribution in [0.2, 0.25) is 0 Å². The highest BCUT2D eigenvalue weighted by Gasteiger charge is 2.28. The highest BCUT2D eigenvalue weighted by molar-refractivity contribution is 7.89. The van der Waals surface area contributed by atoms with E-state index in [1.807, 2.05) is 6.92 Å². The SMILES string of the molecule is CCOC(=O)N1CCCN(S(=O)(=O)c2ccc(C)cc2)CC1. The van der Waals surface area contributed by atoms with Crippen LogP contribution in [-0.2, 0) is 14.8 Å². The van der Waals surface area contributed by atoms with Gasteiger partial charge in [-0.2, -0.15) is 4.31 Å². The maximum atomic E-state index is 12.6. The van der Waals surface area contributed by atoms with Crippen molar-refractivity contribution < 1.29 is 17.9 Å². The highest BCUT2D eigenvalue weighted by atomic mass is 32.2. The Balaban J connectivity index is 2.10. The normalized spacial score (nSPS) is 17.1. The molecular formula is C15H22N2O4S. The van der Waals surface area contributed by atoms with Gasteiger partial charge < -0.3 is 9.64 Å². The van der Waals surface area contributed by atoms with Gasteiger partial charge in [0.25, 0.3) is 0 Å². The van der Waals surface area contributed by atoms with E-state index < -0.39 is 10.0 Å². The molecule has 0 bridgehead atoms. The van der Waals surface area contributed by atoms with E-state index in [9.17, 15) is 13.2 Å². The van der Waals surface area contributed by atoms with Crippen LogP contribution >= 0.6 is 0 Å². The van der Waals surface area contributed by atoms with Gasteiger partial charge in [-0.05, 0) is 32.4 Å². The van der Waals surface area contributed by atoms with E-state index in [-0.39, 0.29) is 12.6 Å². The summed E-state index contributed by atoms with van der Waals surface area (Å²) < 4.78 is 31.7. The molecule has 7 heteroatoms. The lowest BCUT2D eigenvalue weighted by molar-refractivity contribution is 0.109. The minimum atomic E-state index is -3.51. The second-order valence-electron chi connectivity index (χ2n) is 5.26. The topological polar surface area (TPSA) is 66.9 Å². The van der Waals surface area contributed by atoms with Crippen molar-refractivity contribution in [2.75, 3.05) is 32.8 Å². The molecular weight excluding hydrogens is 304 g/mol. The van der Waals surface area contributed by atoms with E-state index in [0.717, 1.165) is 5.56 Å². The van der Waals surface area contributed by atoms with Gasteiger partial charge in [0.2, 0.25) is 10.0 Å². The zero-order chi connectivity index (χ0) is 16.2. The molecule has 122 valence electrons. The van der Waals surface area contributed by atoms with Crippen molar-refractivity contribution in [1.82, 2.24) is 9.21 Å². The van der Waals surface area contributed by atoms with Gasteiger partial charge in [-0.15, -0.1) is 0 Å². The fraction of sp³-hybridized carbons (Fsp3) is 0.533. The summed E-state index contributed by atoms with van der Waals surface area (Å²) in [7, 11) is -3.51. The molecule has 1 aromatic rings. The molecule has 0 N–H and O–H groups in total. The number of hydrogen-bond acceptors (Lipinski definition) is 4. The van der Waals surface area contributed by atoms with Crippen molar-refractivity contribution in [1.29, 1.82) is 0 Å². The molecule has 1 saturated heterocycles. The van der Waals surface area contributed by atoms with Crippen LogP contribution in [-0.4, -0.2) is 56.5 Å². The van der Waals surface area contributed by atoms with Crippen LogP contribution < -0.4 is 0 Å². The number of ether oxygens (including phenoxy) is 1. The number of rotatable bonds is 3. The summed E-state index contributed by atoms with van der Waals surface area (Å²) in [5, 5.41) is 0. The van der Waals surface area contributed by atoms with Gasteiger partial charge in [-0.3, -0.25) is 0 Å². The first-order chi connectivity index (χ1) is 10.4. The molecule has 0 saturated carbocycles. The molecule has 0 atom stereocenters. The molecule has 6 nitrogen and oxygen atoms in total. The number of nitrogens with zero attached hydrogens (tertiary/aromatic N) is 2. The van der Waals surface area contributed by atoms with E-state index in [1.165, 1.54) is 4.31 Å². The Morgan fingerprint density at radius 3 is 2.45 bits per heavy atom. The minimum Gasteiger partial charge on any atom is -0.450 e. The Bertz CT molecular complexity index is 613. The van der Waals surface area contributed by atoms with Crippen LogP contribution in [0.4, 0.5) is 4.79 Å². The summed E-state index contributed by atoms with van der Waals surface area (Å²) in [6.07, 6.45) is 0.223. The zero-order valence-electron chi connectivity index (χ0n) is 13.0. The number of carbonyl (C=O) groups is 1. The summed E-state index contributed by atoms with van der Waals surface area (Å²) in [4.78, 5) is 13.6. The maximum Gasteiger partial charge on any atom is 0.409 e. The number of hydrogen-bond donors (Lipinski definition) is 0. The largest absolute Gasteiger partial charge is 0.450 e. The number of aryl methyl sites for hydroxylation is 1. The standard InChI is InChI=1S/C15H22N2O4S/c1-3-21-15(18)16-9-4-10-17(12-11-16)22(19,20)14-7-5-13(2)6-8-14/h5-8H,3-4,9-12H2,1-2H3. The molecule has 0 radical (unpaired) electrons. The molecule has 1 fully saturated rings. The average molecular weight is 326 g/mol. The molecule has 1 amide bonds. The predicted molar refractivity (Wildman–Crippen MR) is 83.1 cm³/mol. The third-order valence-electron chi connectivity index (χ3n) is 3.64. The molecule has 1 heterocycles. The molecule has 0 spiro atoms. The first-order valence-corrected chi connectivity index (χ1v) is 8.87. The zero-order valence-corrected chi connectivity index (χ0v) is 13.8. The quantitative estimate of drug-likeness (QED) is 0.850. The molecule has 0 aromatic heterocycles. The van der Waals surface area contributed by atoms with E-state index in [1.54, 1.807) is 36.1 Å². The lowest BCUT2D eigenvalue weighted by atomic mass is 10.2. The van der Waals surface area contributed by atoms with E-state index in [0.29, 0.717) is 37.6 Å². The summed E-state index contributed by atoms with van der Waals surface area (Å²) in [6, 6.07) is 6.82. The van der Waals surface area contributed by atoms with Gasteiger partial charge in [0.05, 0.1) is 11.5 Å². The van der Waals surface area contributed by atoms with Crippen molar-refractivity contribution in [2.45, 2.75) is 25.2 Å². The second kappa shape index (κ2) is 7.11. The van der Waals surface area contributed by atoms with Gasteiger partial charge in [-0.25, -0.2) is 13.2 Å². The van der Waals surface area contributed by atoms with Gasteiger partial charge in [0.1, 0.15) is 0 Å². The first-order valence-electron chi connectivity index (χ1n) is 7.43.